The molecule has 0 amide bonds. The monoisotopic (exact) mass is 340 g/mol. The van der Waals surface area contributed by atoms with Crippen molar-refractivity contribution in [3.63, 3.8) is 0 Å². The van der Waals surface area contributed by atoms with Gasteiger partial charge >= 0.3 is 0 Å². The van der Waals surface area contributed by atoms with Crippen LogP contribution in [0.4, 0.5) is 8.78 Å². The molecule has 0 heterocycles. The van der Waals surface area contributed by atoms with E-state index >= 15 is 0 Å². The highest BCUT2D eigenvalue weighted by atomic mass is 79.9. The zero-order chi connectivity index (χ0) is 14.7. The molecule has 0 aliphatic rings. The number of hydrogen-bond acceptors (Lipinski definition) is 2. The molecule has 0 spiro atoms. The zero-order valence-electron chi connectivity index (χ0n) is 10.6. The van der Waals surface area contributed by atoms with E-state index in [1.165, 1.54) is 13.0 Å². The van der Waals surface area contributed by atoms with Crippen LogP contribution < -0.4 is 4.74 Å². The van der Waals surface area contributed by atoms with E-state index in [2.05, 4.69) is 15.9 Å². The van der Waals surface area contributed by atoms with Gasteiger partial charge in [0.15, 0.2) is 5.78 Å². The Morgan fingerprint density at radius 3 is 2.45 bits per heavy atom. The van der Waals surface area contributed by atoms with Crippen LogP contribution >= 0.6 is 15.9 Å². The third-order valence-corrected chi connectivity index (χ3v) is 3.25. The van der Waals surface area contributed by atoms with Gasteiger partial charge in [-0.05, 0) is 37.3 Å². The Labute approximate surface area is 123 Å². The summed E-state index contributed by atoms with van der Waals surface area (Å²) in [5.74, 6) is -1.24. The SMILES string of the molecule is CC(=O)c1cc(Br)ccc1OCc1c(F)cccc1F. The van der Waals surface area contributed by atoms with E-state index in [1.807, 2.05) is 0 Å². The summed E-state index contributed by atoms with van der Waals surface area (Å²) in [5, 5.41) is 0. The second-order valence-electron chi connectivity index (χ2n) is 4.19. The van der Waals surface area contributed by atoms with E-state index in [9.17, 15) is 13.6 Å². The summed E-state index contributed by atoms with van der Waals surface area (Å²) in [6.45, 7) is 1.12. The quantitative estimate of drug-likeness (QED) is 0.765. The van der Waals surface area contributed by atoms with Gasteiger partial charge in [0.05, 0.1) is 11.1 Å². The molecule has 0 aliphatic carbocycles. The van der Waals surface area contributed by atoms with E-state index < -0.39 is 11.6 Å². The third-order valence-electron chi connectivity index (χ3n) is 2.75. The molecule has 0 N–H and O–H groups in total. The lowest BCUT2D eigenvalue weighted by atomic mass is 10.1. The summed E-state index contributed by atoms with van der Waals surface area (Å²) in [4.78, 5) is 11.5. The molecule has 0 fully saturated rings. The van der Waals surface area contributed by atoms with E-state index in [1.54, 1.807) is 18.2 Å². The Morgan fingerprint density at radius 1 is 1.20 bits per heavy atom. The number of Topliss-reactive ketones (excluding diaryl/α,β-unsaturated/α-hetero) is 1. The molecule has 0 radical (unpaired) electrons. The fourth-order valence-corrected chi connectivity index (χ4v) is 2.08. The van der Waals surface area contributed by atoms with Crippen molar-refractivity contribution in [3.05, 3.63) is 63.6 Å². The Morgan fingerprint density at radius 2 is 1.85 bits per heavy atom. The van der Waals surface area contributed by atoms with Crippen LogP contribution in [0.2, 0.25) is 0 Å². The Balaban J connectivity index is 2.25. The topological polar surface area (TPSA) is 26.3 Å². The van der Waals surface area contributed by atoms with E-state index in [0.717, 1.165) is 16.6 Å². The highest BCUT2D eigenvalue weighted by molar-refractivity contribution is 9.10. The maximum Gasteiger partial charge on any atom is 0.163 e. The summed E-state index contributed by atoms with van der Waals surface area (Å²) >= 11 is 3.26. The number of hydrogen-bond donors (Lipinski definition) is 0. The Hall–Kier alpha value is -1.75. The lowest BCUT2D eigenvalue weighted by molar-refractivity contribution is 0.101. The number of halogens is 3. The van der Waals surface area contributed by atoms with Gasteiger partial charge in [-0.2, -0.15) is 0 Å². The van der Waals surface area contributed by atoms with Gasteiger partial charge in [0.2, 0.25) is 0 Å². The van der Waals surface area contributed by atoms with Gasteiger partial charge in [-0.1, -0.05) is 22.0 Å². The molecule has 0 saturated carbocycles. The first-order valence-electron chi connectivity index (χ1n) is 5.85. The summed E-state index contributed by atoms with van der Waals surface area (Å²) < 4.78 is 33.1. The van der Waals surface area contributed by atoms with E-state index in [0.29, 0.717) is 11.3 Å². The number of benzene rings is 2. The van der Waals surface area contributed by atoms with Gasteiger partial charge in [-0.15, -0.1) is 0 Å². The summed E-state index contributed by atoms with van der Waals surface area (Å²) in [6, 6.07) is 8.49. The first-order valence-corrected chi connectivity index (χ1v) is 6.64. The van der Waals surface area contributed by atoms with Gasteiger partial charge in [-0.25, -0.2) is 8.78 Å². The third kappa shape index (κ3) is 3.22. The molecule has 104 valence electrons. The average Bonchev–Trinajstić information content (AvgIpc) is 2.39. The molecule has 0 aliphatic heterocycles. The van der Waals surface area contributed by atoms with Crippen LogP contribution in [0, 0.1) is 11.6 Å². The number of rotatable bonds is 4. The van der Waals surface area contributed by atoms with E-state index in [4.69, 9.17) is 4.74 Å². The first kappa shape index (κ1) is 14.7. The predicted octanol–water partition coefficient (Wildman–Crippen LogP) is 4.51. The van der Waals surface area contributed by atoms with Gasteiger partial charge < -0.3 is 4.74 Å². The molecule has 5 heteroatoms. The molecule has 0 aromatic heterocycles. The van der Waals surface area contributed by atoms with Crippen molar-refractivity contribution in [2.45, 2.75) is 13.5 Å². The molecule has 2 nitrogen and oxygen atoms in total. The smallest absolute Gasteiger partial charge is 0.163 e. The predicted molar refractivity (Wildman–Crippen MR) is 74.8 cm³/mol. The van der Waals surface area contributed by atoms with Crippen LogP contribution in [0.3, 0.4) is 0 Å². The molecule has 0 unspecified atom stereocenters. The Kier molecular flexibility index (Phi) is 4.49. The maximum absolute atomic E-state index is 13.5. The second kappa shape index (κ2) is 6.13. The number of ketones is 1. The molecule has 2 rings (SSSR count). The van der Waals surface area contributed by atoms with Gasteiger partial charge in [-0.3, -0.25) is 4.79 Å². The molecule has 20 heavy (non-hydrogen) atoms. The summed E-state index contributed by atoms with van der Waals surface area (Å²) in [7, 11) is 0. The molecular formula is C15H11BrF2O2. The highest BCUT2D eigenvalue weighted by Gasteiger charge is 2.13. The minimum Gasteiger partial charge on any atom is -0.488 e. The summed E-state index contributed by atoms with van der Waals surface area (Å²) in [5.41, 5.74) is 0.195. The summed E-state index contributed by atoms with van der Waals surface area (Å²) in [6.07, 6.45) is 0. The highest BCUT2D eigenvalue weighted by Crippen LogP contribution is 2.25. The molecule has 2 aromatic carbocycles. The lowest BCUT2D eigenvalue weighted by Crippen LogP contribution is -2.05. The number of carbonyl (C=O) groups is 1. The number of ether oxygens (including phenoxy) is 1. The van der Waals surface area contributed by atoms with Crippen molar-refractivity contribution >= 4 is 21.7 Å². The largest absolute Gasteiger partial charge is 0.488 e. The second-order valence-corrected chi connectivity index (χ2v) is 5.10. The number of carbonyl (C=O) groups excluding carboxylic acids is 1. The lowest BCUT2D eigenvalue weighted by Gasteiger charge is -2.11. The van der Waals surface area contributed by atoms with Crippen molar-refractivity contribution in [2.75, 3.05) is 0 Å². The fourth-order valence-electron chi connectivity index (χ4n) is 1.72. The average molecular weight is 341 g/mol. The van der Waals surface area contributed by atoms with Crippen molar-refractivity contribution < 1.29 is 18.3 Å². The van der Waals surface area contributed by atoms with Crippen LogP contribution in [0.25, 0.3) is 0 Å². The van der Waals surface area contributed by atoms with Gasteiger partial charge in [0, 0.05) is 4.47 Å². The maximum atomic E-state index is 13.5. The molecular weight excluding hydrogens is 330 g/mol. The van der Waals surface area contributed by atoms with Crippen LogP contribution in [-0.2, 0) is 6.61 Å². The van der Waals surface area contributed by atoms with Crippen molar-refractivity contribution in [3.8, 4) is 5.75 Å². The standard InChI is InChI=1S/C15H11BrF2O2/c1-9(19)11-7-10(16)5-6-15(11)20-8-12-13(17)3-2-4-14(12)18/h2-7H,8H2,1H3. The molecule has 0 saturated heterocycles. The van der Waals surface area contributed by atoms with Crippen LogP contribution in [-0.4, -0.2) is 5.78 Å². The minimum absolute atomic E-state index is 0.162. The Bertz CT molecular complexity index is 636. The first-order chi connectivity index (χ1) is 9.49. The minimum atomic E-state index is -0.675. The molecule has 0 bridgehead atoms. The molecule has 2 aromatic rings. The van der Waals surface area contributed by atoms with Gasteiger partial charge in [0.1, 0.15) is 24.0 Å². The van der Waals surface area contributed by atoms with E-state index in [-0.39, 0.29) is 18.0 Å². The fraction of sp³-hybridized carbons (Fsp3) is 0.133. The normalized spacial score (nSPS) is 10.4. The van der Waals surface area contributed by atoms with Crippen LogP contribution in [0.1, 0.15) is 22.8 Å². The molecule has 0 atom stereocenters. The zero-order valence-corrected chi connectivity index (χ0v) is 12.2. The van der Waals surface area contributed by atoms with Crippen molar-refractivity contribution in [2.24, 2.45) is 0 Å². The van der Waals surface area contributed by atoms with Gasteiger partial charge in [0.25, 0.3) is 0 Å². The van der Waals surface area contributed by atoms with Crippen molar-refractivity contribution in [1.29, 1.82) is 0 Å². The van der Waals surface area contributed by atoms with Crippen LogP contribution in [0.5, 0.6) is 5.75 Å². The van der Waals surface area contributed by atoms with Crippen LogP contribution in [0.15, 0.2) is 40.9 Å². The van der Waals surface area contributed by atoms with Crippen molar-refractivity contribution in [1.82, 2.24) is 0 Å².